The zero-order chi connectivity index (χ0) is 8.69. The second-order valence-electron chi connectivity index (χ2n) is 2.85. The fraction of sp³-hybridized carbons (Fsp3) is 0.778. The van der Waals surface area contributed by atoms with Gasteiger partial charge in [0, 0.05) is 0 Å². The third-order valence-corrected chi connectivity index (χ3v) is 1.42. The Hall–Kier alpha value is -0.340. The molecule has 0 radical (unpaired) electrons. The Labute approximate surface area is 68.6 Å². The minimum absolute atomic E-state index is 0.391. The summed E-state index contributed by atoms with van der Waals surface area (Å²) in [6, 6.07) is 0. The molecule has 66 valence electrons. The van der Waals surface area contributed by atoms with E-state index in [0.29, 0.717) is 12.8 Å². The van der Waals surface area contributed by atoms with E-state index >= 15 is 0 Å². The van der Waals surface area contributed by atoms with Crippen molar-refractivity contribution in [3.8, 4) is 0 Å². The molecule has 2 N–H and O–H groups in total. The van der Waals surface area contributed by atoms with Crippen molar-refractivity contribution in [3.63, 3.8) is 0 Å². The summed E-state index contributed by atoms with van der Waals surface area (Å²) in [5.74, 6) is 0. The zero-order valence-electron chi connectivity index (χ0n) is 7.33. The van der Waals surface area contributed by atoms with E-state index in [1.54, 1.807) is 6.92 Å². The molecule has 0 bridgehead atoms. The molecule has 0 aliphatic heterocycles. The number of allylic oxidation sites excluding steroid dienone is 1. The van der Waals surface area contributed by atoms with Crippen LogP contribution in [0.15, 0.2) is 12.2 Å². The number of hydrogen-bond donors (Lipinski definition) is 2. The highest BCUT2D eigenvalue weighted by Crippen LogP contribution is 2.02. The SMILES string of the molecule is CCC=CCC(O)CC(C)O. The number of hydrogen-bond acceptors (Lipinski definition) is 2. The number of aliphatic hydroxyl groups excluding tert-OH is 2. The molecule has 2 unspecified atom stereocenters. The molecule has 0 aromatic carbocycles. The van der Waals surface area contributed by atoms with Crippen molar-refractivity contribution in [1.29, 1.82) is 0 Å². The van der Waals surface area contributed by atoms with Crippen molar-refractivity contribution in [2.75, 3.05) is 0 Å². The molecule has 0 saturated heterocycles. The highest BCUT2D eigenvalue weighted by Gasteiger charge is 2.04. The van der Waals surface area contributed by atoms with Crippen LogP contribution in [-0.2, 0) is 0 Å². The van der Waals surface area contributed by atoms with Gasteiger partial charge in [0.05, 0.1) is 12.2 Å². The summed E-state index contributed by atoms with van der Waals surface area (Å²) in [6.45, 7) is 3.74. The van der Waals surface area contributed by atoms with Crippen molar-refractivity contribution in [2.24, 2.45) is 0 Å². The van der Waals surface area contributed by atoms with E-state index in [4.69, 9.17) is 5.11 Å². The molecule has 2 nitrogen and oxygen atoms in total. The Bertz CT molecular complexity index is 108. The van der Waals surface area contributed by atoms with Gasteiger partial charge in [-0.15, -0.1) is 0 Å². The van der Waals surface area contributed by atoms with Crippen LogP contribution in [0.1, 0.15) is 33.1 Å². The minimum Gasteiger partial charge on any atom is -0.393 e. The molecule has 2 heteroatoms. The lowest BCUT2D eigenvalue weighted by molar-refractivity contribution is 0.0924. The highest BCUT2D eigenvalue weighted by atomic mass is 16.3. The molecule has 0 heterocycles. The van der Waals surface area contributed by atoms with Gasteiger partial charge in [0.15, 0.2) is 0 Å². The summed E-state index contributed by atoms with van der Waals surface area (Å²) >= 11 is 0. The van der Waals surface area contributed by atoms with Crippen molar-refractivity contribution >= 4 is 0 Å². The molecule has 0 aliphatic rings. The van der Waals surface area contributed by atoms with Gasteiger partial charge in [0.2, 0.25) is 0 Å². The van der Waals surface area contributed by atoms with Crippen LogP contribution in [0, 0.1) is 0 Å². The topological polar surface area (TPSA) is 40.5 Å². The molecule has 2 atom stereocenters. The van der Waals surface area contributed by atoms with Crippen LogP contribution in [0.25, 0.3) is 0 Å². The number of aliphatic hydroxyl groups is 2. The Kier molecular flexibility index (Phi) is 6.18. The Balaban J connectivity index is 3.36. The van der Waals surface area contributed by atoms with Gasteiger partial charge < -0.3 is 10.2 Å². The van der Waals surface area contributed by atoms with E-state index < -0.39 is 12.2 Å². The summed E-state index contributed by atoms with van der Waals surface area (Å²) in [5, 5.41) is 18.1. The van der Waals surface area contributed by atoms with Crippen molar-refractivity contribution in [1.82, 2.24) is 0 Å². The Morgan fingerprint density at radius 3 is 2.36 bits per heavy atom. The maximum Gasteiger partial charge on any atom is 0.0599 e. The summed E-state index contributed by atoms with van der Waals surface area (Å²) in [7, 11) is 0. The van der Waals surface area contributed by atoms with Gasteiger partial charge in [-0.3, -0.25) is 0 Å². The molecule has 0 amide bonds. The predicted molar refractivity (Wildman–Crippen MR) is 46.4 cm³/mol. The molecule has 0 aromatic heterocycles. The van der Waals surface area contributed by atoms with Gasteiger partial charge >= 0.3 is 0 Å². The minimum atomic E-state index is -0.403. The first-order valence-electron chi connectivity index (χ1n) is 4.18. The van der Waals surface area contributed by atoms with E-state index in [1.807, 2.05) is 12.2 Å². The first kappa shape index (κ1) is 10.7. The fourth-order valence-electron chi connectivity index (χ4n) is 0.910. The molecule has 0 fully saturated rings. The Morgan fingerprint density at radius 1 is 1.27 bits per heavy atom. The maximum atomic E-state index is 9.23. The summed E-state index contributed by atoms with van der Waals surface area (Å²) < 4.78 is 0. The maximum absolute atomic E-state index is 9.23. The van der Waals surface area contributed by atoms with Crippen LogP contribution in [0.2, 0.25) is 0 Å². The monoisotopic (exact) mass is 158 g/mol. The van der Waals surface area contributed by atoms with E-state index in [0.717, 1.165) is 6.42 Å². The van der Waals surface area contributed by atoms with E-state index in [9.17, 15) is 5.11 Å². The van der Waals surface area contributed by atoms with Crippen molar-refractivity contribution in [2.45, 2.75) is 45.3 Å². The van der Waals surface area contributed by atoms with Gasteiger partial charge in [0.1, 0.15) is 0 Å². The average Bonchev–Trinajstić information content (AvgIpc) is 1.86. The van der Waals surface area contributed by atoms with Crippen LogP contribution < -0.4 is 0 Å². The second kappa shape index (κ2) is 6.38. The molecular formula is C9H18O2. The van der Waals surface area contributed by atoms with Gasteiger partial charge in [-0.25, -0.2) is 0 Å². The van der Waals surface area contributed by atoms with Crippen molar-refractivity contribution in [3.05, 3.63) is 12.2 Å². The van der Waals surface area contributed by atoms with Gasteiger partial charge in [-0.05, 0) is 26.2 Å². The van der Waals surface area contributed by atoms with E-state index in [1.165, 1.54) is 0 Å². The van der Waals surface area contributed by atoms with Crippen LogP contribution in [0.4, 0.5) is 0 Å². The van der Waals surface area contributed by atoms with Crippen LogP contribution in [-0.4, -0.2) is 22.4 Å². The van der Waals surface area contributed by atoms with Crippen molar-refractivity contribution < 1.29 is 10.2 Å². The van der Waals surface area contributed by atoms with Crippen LogP contribution in [0.5, 0.6) is 0 Å². The lowest BCUT2D eigenvalue weighted by Crippen LogP contribution is -2.13. The van der Waals surface area contributed by atoms with Gasteiger partial charge in [-0.2, -0.15) is 0 Å². The van der Waals surface area contributed by atoms with Crippen LogP contribution >= 0.6 is 0 Å². The average molecular weight is 158 g/mol. The lowest BCUT2D eigenvalue weighted by atomic mass is 10.1. The quantitative estimate of drug-likeness (QED) is 0.595. The smallest absolute Gasteiger partial charge is 0.0599 e. The molecule has 11 heavy (non-hydrogen) atoms. The first-order valence-corrected chi connectivity index (χ1v) is 4.18. The van der Waals surface area contributed by atoms with Gasteiger partial charge in [-0.1, -0.05) is 19.1 Å². The zero-order valence-corrected chi connectivity index (χ0v) is 7.33. The Morgan fingerprint density at radius 2 is 1.91 bits per heavy atom. The summed E-state index contributed by atoms with van der Waals surface area (Å²) in [6.07, 6.45) is 5.30. The molecule has 0 spiro atoms. The summed E-state index contributed by atoms with van der Waals surface area (Å²) in [4.78, 5) is 0. The molecule has 0 saturated carbocycles. The largest absolute Gasteiger partial charge is 0.393 e. The molecule has 0 aromatic rings. The van der Waals surface area contributed by atoms with Gasteiger partial charge in [0.25, 0.3) is 0 Å². The van der Waals surface area contributed by atoms with E-state index in [2.05, 4.69) is 6.92 Å². The predicted octanol–water partition coefficient (Wildman–Crippen LogP) is 1.47. The molecule has 0 aliphatic carbocycles. The molecule has 0 rings (SSSR count). The number of rotatable bonds is 5. The van der Waals surface area contributed by atoms with Crippen LogP contribution in [0.3, 0.4) is 0 Å². The third kappa shape index (κ3) is 7.56. The van der Waals surface area contributed by atoms with E-state index in [-0.39, 0.29) is 0 Å². The summed E-state index contributed by atoms with van der Waals surface area (Å²) in [5.41, 5.74) is 0. The first-order chi connectivity index (χ1) is 5.16. The fourth-order valence-corrected chi connectivity index (χ4v) is 0.910. The third-order valence-electron chi connectivity index (χ3n) is 1.42. The highest BCUT2D eigenvalue weighted by molar-refractivity contribution is 4.83. The molecular weight excluding hydrogens is 140 g/mol. The standard InChI is InChI=1S/C9H18O2/c1-3-4-5-6-9(11)7-8(2)10/h4-5,8-11H,3,6-7H2,1-2H3. The normalized spacial score (nSPS) is 17.1. The lowest BCUT2D eigenvalue weighted by Gasteiger charge is -2.09. The second-order valence-corrected chi connectivity index (χ2v) is 2.85.